The molecule has 1 aromatic rings. The second-order valence-electron chi connectivity index (χ2n) is 2.55. The Balaban J connectivity index is 2.89. The maximum absolute atomic E-state index is 11.3. The number of Topliss-reactive ketones (excluding diaryl/α,β-unsaturated/α-hetero) is 1. The summed E-state index contributed by atoms with van der Waals surface area (Å²) in [7, 11) is 0. The van der Waals surface area contributed by atoms with Crippen molar-refractivity contribution in [3.8, 4) is 0 Å². The van der Waals surface area contributed by atoms with Gasteiger partial charge in [0.1, 0.15) is 0 Å². The summed E-state index contributed by atoms with van der Waals surface area (Å²) in [4.78, 5) is 21.7. The average molecular weight is 198 g/mol. The Labute approximate surface area is 80.5 Å². The molecule has 0 radical (unpaired) electrons. The molecule has 0 aliphatic carbocycles. The van der Waals surface area contributed by atoms with E-state index in [0.717, 1.165) is 0 Å². The summed E-state index contributed by atoms with van der Waals surface area (Å²) in [6.07, 6.45) is -0.302. The molecule has 13 heavy (non-hydrogen) atoms. The van der Waals surface area contributed by atoms with E-state index < -0.39 is 5.91 Å². The number of nitrogens with two attached hydrogens (primary N) is 1. The molecule has 3 nitrogen and oxygen atoms in total. The molecule has 0 aliphatic heterocycles. The molecule has 0 aromatic heterocycles. The molecule has 0 fully saturated rings. The number of carbonyl (C=O) groups excluding carboxylic acids is 2. The fourth-order valence-corrected chi connectivity index (χ4v) is 1.18. The number of benzene rings is 1. The zero-order chi connectivity index (χ0) is 9.84. The molecule has 4 heteroatoms. The third-order valence-electron chi connectivity index (χ3n) is 1.51. The highest BCUT2D eigenvalue weighted by atomic mass is 35.5. The van der Waals surface area contributed by atoms with E-state index in [2.05, 4.69) is 0 Å². The largest absolute Gasteiger partial charge is 0.369 e. The molecule has 0 atom stereocenters. The zero-order valence-corrected chi connectivity index (χ0v) is 7.54. The van der Waals surface area contributed by atoms with Gasteiger partial charge >= 0.3 is 0 Å². The first-order chi connectivity index (χ1) is 6.11. The van der Waals surface area contributed by atoms with Gasteiger partial charge in [-0.25, -0.2) is 0 Å². The fourth-order valence-electron chi connectivity index (χ4n) is 0.941. The van der Waals surface area contributed by atoms with E-state index in [1.54, 1.807) is 24.3 Å². The van der Waals surface area contributed by atoms with Gasteiger partial charge in [-0.05, 0) is 12.1 Å². The van der Waals surface area contributed by atoms with Crippen LogP contribution in [0, 0.1) is 0 Å². The van der Waals surface area contributed by atoms with Crippen LogP contribution in [0.4, 0.5) is 0 Å². The number of hydrogen-bond acceptors (Lipinski definition) is 2. The molecule has 0 saturated heterocycles. The van der Waals surface area contributed by atoms with E-state index in [-0.39, 0.29) is 12.2 Å². The molecule has 0 unspecified atom stereocenters. The lowest BCUT2D eigenvalue weighted by atomic mass is 10.1. The first kappa shape index (κ1) is 9.74. The lowest BCUT2D eigenvalue weighted by Crippen LogP contribution is -2.16. The van der Waals surface area contributed by atoms with Crippen LogP contribution in [0.15, 0.2) is 24.3 Å². The van der Waals surface area contributed by atoms with Crippen LogP contribution in [0.25, 0.3) is 0 Å². The van der Waals surface area contributed by atoms with Crippen LogP contribution < -0.4 is 5.73 Å². The highest BCUT2D eigenvalue weighted by Crippen LogP contribution is 2.16. The SMILES string of the molecule is NC(=O)CC(=O)c1ccccc1Cl. The normalized spacial score (nSPS) is 9.62. The Bertz CT molecular complexity index is 349. The van der Waals surface area contributed by atoms with Gasteiger partial charge in [0.25, 0.3) is 0 Å². The number of rotatable bonds is 3. The maximum atomic E-state index is 11.3. The van der Waals surface area contributed by atoms with Crippen molar-refractivity contribution in [3.63, 3.8) is 0 Å². The first-order valence-corrected chi connectivity index (χ1v) is 4.05. The van der Waals surface area contributed by atoms with Crippen molar-refractivity contribution in [1.82, 2.24) is 0 Å². The second kappa shape index (κ2) is 4.05. The van der Waals surface area contributed by atoms with Crippen LogP contribution in [-0.4, -0.2) is 11.7 Å². The molecule has 1 amide bonds. The Morgan fingerprint density at radius 2 is 1.92 bits per heavy atom. The molecule has 1 aromatic carbocycles. The second-order valence-corrected chi connectivity index (χ2v) is 2.95. The van der Waals surface area contributed by atoms with Gasteiger partial charge in [-0.1, -0.05) is 23.7 Å². The van der Waals surface area contributed by atoms with Crippen LogP contribution in [0.2, 0.25) is 5.02 Å². The van der Waals surface area contributed by atoms with Crippen molar-refractivity contribution in [2.45, 2.75) is 6.42 Å². The van der Waals surface area contributed by atoms with Crippen molar-refractivity contribution in [1.29, 1.82) is 0 Å². The van der Waals surface area contributed by atoms with Gasteiger partial charge in [0.05, 0.1) is 11.4 Å². The smallest absolute Gasteiger partial charge is 0.225 e. The Kier molecular flexibility index (Phi) is 3.03. The Morgan fingerprint density at radius 3 is 2.46 bits per heavy atom. The predicted octanol–water partition coefficient (Wildman–Crippen LogP) is 1.40. The fraction of sp³-hybridized carbons (Fsp3) is 0.111. The summed E-state index contributed by atoms with van der Waals surface area (Å²) < 4.78 is 0. The lowest BCUT2D eigenvalue weighted by Gasteiger charge is -1.99. The van der Waals surface area contributed by atoms with Gasteiger partial charge in [-0.15, -0.1) is 0 Å². The molecule has 0 aliphatic rings. The standard InChI is InChI=1S/C9H8ClNO2/c10-7-4-2-1-3-6(7)8(12)5-9(11)13/h1-4H,5H2,(H2,11,13). The molecule has 2 N–H and O–H groups in total. The highest BCUT2D eigenvalue weighted by molar-refractivity contribution is 6.34. The summed E-state index contributed by atoms with van der Waals surface area (Å²) >= 11 is 5.73. The number of carbonyl (C=O) groups is 2. The third-order valence-corrected chi connectivity index (χ3v) is 1.84. The van der Waals surface area contributed by atoms with E-state index in [0.29, 0.717) is 10.6 Å². The number of primary amides is 1. The van der Waals surface area contributed by atoms with Gasteiger partial charge in [0.15, 0.2) is 5.78 Å². The summed E-state index contributed by atoms with van der Waals surface area (Å²) in [6.45, 7) is 0. The molecular formula is C9H8ClNO2. The van der Waals surface area contributed by atoms with E-state index in [1.807, 2.05) is 0 Å². The predicted molar refractivity (Wildman–Crippen MR) is 49.6 cm³/mol. The highest BCUT2D eigenvalue weighted by Gasteiger charge is 2.11. The van der Waals surface area contributed by atoms with Gasteiger partial charge in [-0.2, -0.15) is 0 Å². The minimum Gasteiger partial charge on any atom is -0.369 e. The van der Waals surface area contributed by atoms with Gasteiger partial charge in [0, 0.05) is 5.56 Å². The summed E-state index contributed by atoms with van der Waals surface area (Å²) in [5, 5.41) is 0.341. The van der Waals surface area contributed by atoms with Crippen molar-refractivity contribution < 1.29 is 9.59 Å². The molecule has 1 rings (SSSR count). The minimum absolute atomic E-state index is 0.302. The molecular weight excluding hydrogens is 190 g/mol. The summed E-state index contributed by atoms with van der Waals surface area (Å²) in [5.74, 6) is -0.997. The monoisotopic (exact) mass is 197 g/mol. The maximum Gasteiger partial charge on any atom is 0.225 e. The van der Waals surface area contributed by atoms with E-state index in [4.69, 9.17) is 17.3 Å². The van der Waals surface area contributed by atoms with Crippen molar-refractivity contribution in [2.75, 3.05) is 0 Å². The molecule has 0 spiro atoms. The van der Waals surface area contributed by atoms with Crippen LogP contribution in [0.1, 0.15) is 16.8 Å². The van der Waals surface area contributed by atoms with Crippen molar-refractivity contribution in [3.05, 3.63) is 34.9 Å². The molecule has 68 valence electrons. The topological polar surface area (TPSA) is 60.2 Å². The van der Waals surface area contributed by atoms with Gasteiger partial charge in [-0.3, -0.25) is 9.59 Å². The summed E-state index contributed by atoms with van der Waals surface area (Å²) in [6, 6.07) is 6.55. The van der Waals surface area contributed by atoms with Gasteiger partial charge < -0.3 is 5.73 Å². The van der Waals surface area contributed by atoms with E-state index >= 15 is 0 Å². The number of hydrogen-bond donors (Lipinski definition) is 1. The third kappa shape index (κ3) is 2.56. The lowest BCUT2D eigenvalue weighted by molar-refractivity contribution is -0.117. The van der Waals surface area contributed by atoms with Crippen LogP contribution in [0.5, 0.6) is 0 Å². The number of amides is 1. The number of ketones is 1. The van der Waals surface area contributed by atoms with Crippen LogP contribution in [0.3, 0.4) is 0 Å². The molecule has 0 bridgehead atoms. The average Bonchev–Trinajstić information content (AvgIpc) is 2.03. The van der Waals surface area contributed by atoms with E-state index in [1.165, 1.54) is 0 Å². The minimum atomic E-state index is -0.648. The van der Waals surface area contributed by atoms with Gasteiger partial charge in [0.2, 0.25) is 5.91 Å². The number of halogens is 1. The summed E-state index contributed by atoms with van der Waals surface area (Å²) in [5.41, 5.74) is 5.21. The Morgan fingerprint density at radius 1 is 1.31 bits per heavy atom. The van der Waals surface area contributed by atoms with Crippen molar-refractivity contribution >= 4 is 23.3 Å². The molecule has 0 heterocycles. The zero-order valence-electron chi connectivity index (χ0n) is 6.79. The molecule has 0 saturated carbocycles. The quantitative estimate of drug-likeness (QED) is 0.588. The van der Waals surface area contributed by atoms with E-state index in [9.17, 15) is 9.59 Å². The van der Waals surface area contributed by atoms with Crippen molar-refractivity contribution in [2.24, 2.45) is 5.73 Å². The Hall–Kier alpha value is -1.35. The van der Waals surface area contributed by atoms with Crippen LogP contribution in [-0.2, 0) is 4.79 Å². The van der Waals surface area contributed by atoms with Crippen LogP contribution >= 0.6 is 11.6 Å². The first-order valence-electron chi connectivity index (χ1n) is 3.67.